The number of hydrogen-bond acceptors (Lipinski definition) is 4. The van der Waals surface area contributed by atoms with E-state index in [1.165, 1.54) is 0 Å². The quantitative estimate of drug-likeness (QED) is 0.940. The molecule has 1 unspecified atom stereocenters. The third kappa shape index (κ3) is 2.72. The third-order valence-electron chi connectivity index (χ3n) is 4.62. The molecular weight excluding hydrogens is 306 g/mol. The van der Waals surface area contributed by atoms with Crippen LogP contribution >= 0.6 is 0 Å². The van der Waals surface area contributed by atoms with Crippen molar-refractivity contribution in [3.05, 3.63) is 40.2 Å². The van der Waals surface area contributed by atoms with Crippen molar-refractivity contribution in [2.45, 2.75) is 33.7 Å². The Labute approximate surface area is 141 Å². The van der Waals surface area contributed by atoms with Crippen LogP contribution in [0.5, 0.6) is 11.5 Å². The van der Waals surface area contributed by atoms with Gasteiger partial charge < -0.3 is 14.4 Å². The molecule has 24 heavy (non-hydrogen) atoms. The summed E-state index contributed by atoms with van der Waals surface area (Å²) < 4.78 is 11.2. The fraction of sp³-hybridized carbons (Fsp3) is 0.444. The number of aromatic amines is 1. The first kappa shape index (κ1) is 16.4. The lowest BCUT2D eigenvalue weighted by molar-refractivity contribution is 0.0740. The van der Waals surface area contributed by atoms with Crippen LogP contribution in [0, 0.1) is 20.8 Å². The van der Waals surface area contributed by atoms with Gasteiger partial charge in [0.1, 0.15) is 13.2 Å². The second-order valence-corrected chi connectivity index (χ2v) is 6.25. The minimum atomic E-state index is -0.0798. The van der Waals surface area contributed by atoms with Crippen molar-refractivity contribution >= 4 is 5.91 Å². The molecule has 2 heterocycles. The number of hydrogen-bond donors (Lipinski definition) is 1. The largest absolute Gasteiger partial charge is 0.486 e. The van der Waals surface area contributed by atoms with Crippen molar-refractivity contribution in [1.82, 2.24) is 15.1 Å². The summed E-state index contributed by atoms with van der Waals surface area (Å²) >= 11 is 0. The van der Waals surface area contributed by atoms with Crippen molar-refractivity contribution in [1.29, 1.82) is 0 Å². The SMILES string of the molecule is Cc1cc2c(cc1C(=O)N(C)C(C)c1c(C)n[nH]c1C)OCCO2. The topological polar surface area (TPSA) is 67.5 Å². The predicted molar refractivity (Wildman–Crippen MR) is 90.7 cm³/mol. The number of amides is 1. The van der Waals surface area contributed by atoms with Gasteiger partial charge in [0.25, 0.3) is 5.91 Å². The predicted octanol–water partition coefficient (Wildman–Crippen LogP) is 2.94. The van der Waals surface area contributed by atoms with E-state index in [9.17, 15) is 4.79 Å². The van der Waals surface area contributed by atoms with Gasteiger partial charge in [0, 0.05) is 23.9 Å². The van der Waals surface area contributed by atoms with E-state index in [1.807, 2.05) is 40.8 Å². The Balaban J connectivity index is 1.91. The molecule has 6 heteroatoms. The fourth-order valence-electron chi connectivity index (χ4n) is 3.16. The van der Waals surface area contributed by atoms with Gasteiger partial charge in [-0.15, -0.1) is 0 Å². The lowest BCUT2D eigenvalue weighted by Gasteiger charge is -2.27. The maximum Gasteiger partial charge on any atom is 0.254 e. The average Bonchev–Trinajstić information content (AvgIpc) is 2.91. The van der Waals surface area contributed by atoms with Crippen molar-refractivity contribution in [2.24, 2.45) is 0 Å². The molecule has 0 aliphatic carbocycles. The molecule has 0 saturated heterocycles. The highest BCUT2D eigenvalue weighted by atomic mass is 16.6. The van der Waals surface area contributed by atoms with Gasteiger partial charge >= 0.3 is 0 Å². The number of carbonyl (C=O) groups is 1. The molecule has 3 rings (SSSR count). The number of nitrogens with one attached hydrogen (secondary N) is 1. The molecular formula is C18H23N3O3. The van der Waals surface area contributed by atoms with Crippen LogP contribution in [-0.4, -0.2) is 41.3 Å². The summed E-state index contributed by atoms with van der Waals surface area (Å²) in [5.41, 5.74) is 4.47. The number of rotatable bonds is 3. The highest BCUT2D eigenvalue weighted by Gasteiger charge is 2.26. The Morgan fingerprint density at radius 1 is 1.21 bits per heavy atom. The maximum atomic E-state index is 13.0. The van der Waals surface area contributed by atoms with Crippen LogP contribution in [0.25, 0.3) is 0 Å². The Morgan fingerprint density at radius 2 is 1.83 bits per heavy atom. The molecule has 1 aromatic carbocycles. The molecule has 0 radical (unpaired) electrons. The molecule has 1 aromatic heterocycles. The van der Waals surface area contributed by atoms with E-state index in [1.54, 1.807) is 11.0 Å². The first-order valence-corrected chi connectivity index (χ1v) is 8.09. The smallest absolute Gasteiger partial charge is 0.254 e. The van der Waals surface area contributed by atoms with Crippen LogP contribution in [0.4, 0.5) is 0 Å². The zero-order chi connectivity index (χ0) is 17.4. The van der Waals surface area contributed by atoms with Crippen molar-refractivity contribution in [2.75, 3.05) is 20.3 Å². The number of aromatic nitrogens is 2. The summed E-state index contributed by atoms with van der Waals surface area (Å²) in [5, 5.41) is 7.21. The Bertz CT molecular complexity index is 763. The van der Waals surface area contributed by atoms with E-state index in [-0.39, 0.29) is 11.9 Å². The first-order chi connectivity index (χ1) is 11.4. The van der Waals surface area contributed by atoms with Gasteiger partial charge in [-0.2, -0.15) is 5.10 Å². The van der Waals surface area contributed by atoms with Gasteiger partial charge in [-0.05, 0) is 45.4 Å². The molecule has 0 fully saturated rings. The van der Waals surface area contributed by atoms with E-state index in [0.717, 1.165) is 22.5 Å². The van der Waals surface area contributed by atoms with E-state index < -0.39 is 0 Å². The van der Waals surface area contributed by atoms with Crippen LogP contribution in [0.15, 0.2) is 12.1 Å². The number of fused-ring (bicyclic) bond motifs is 1. The number of ether oxygens (including phenoxy) is 2. The molecule has 1 amide bonds. The van der Waals surface area contributed by atoms with Crippen LogP contribution in [0.2, 0.25) is 0 Å². The number of aryl methyl sites for hydroxylation is 3. The van der Waals surface area contributed by atoms with E-state index in [2.05, 4.69) is 10.2 Å². The van der Waals surface area contributed by atoms with Crippen molar-refractivity contribution < 1.29 is 14.3 Å². The summed E-state index contributed by atoms with van der Waals surface area (Å²) in [4.78, 5) is 14.7. The van der Waals surface area contributed by atoms with Crippen LogP contribution in [-0.2, 0) is 0 Å². The molecule has 1 aliphatic heterocycles. The summed E-state index contributed by atoms with van der Waals surface area (Å²) in [6.07, 6.45) is 0. The average molecular weight is 329 g/mol. The molecule has 1 atom stereocenters. The second-order valence-electron chi connectivity index (χ2n) is 6.25. The summed E-state index contributed by atoms with van der Waals surface area (Å²) in [6.45, 7) is 8.88. The lowest BCUT2D eigenvalue weighted by atomic mass is 10.0. The number of benzene rings is 1. The van der Waals surface area contributed by atoms with Gasteiger partial charge in [0.05, 0.1) is 11.7 Å². The summed E-state index contributed by atoms with van der Waals surface area (Å²) in [5.74, 6) is 1.29. The molecule has 1 aliphatic rings. The van der Waals surface area contributed by atoms with E-state index in [4.69, 9.17) is 9.47 Å². The third-order valence-corrected chi connectivity index (χ3v) is 4.62. The highest BCUT2D eigenvalue weighted by molar-refractivity contribution is 5.96. The van der Waals surface area contributed by atoms with E-state index in [0.29, 0.717) is 30.3 Å². The first-order valence-electron chi connectivity index (χ1n) is 8.09. The van der Waals surface area contributed by atoms with Gasteiger partial charge in [0.2, 0.25) is 0 Å². The lowest BCUT2D eigenvalue weighted by Crippen LogP contribution is -2.31. The highest BCUT2D eigenvalue weighted by Crippen LogP contribution is 2.34. The minimum Gasteiger partial charge on any atom is -0.486 e. The van der Waals surface area contributed by atoms with Crippen LogP contribution < -0.4 is 9.47 Å². The summed E-state index contributed by atoms with van der Waals surface area (Å²) in [6, 6.07) is 3.57. The standard InChI is InChI=1S/C18H23N3O3/c1-10-8-15-16(24-7-6-23-15)9-14(10)18(22)21(5)13(4)17-11(2)19-20-12(17)3/h8-9,13H,6-7H2,1-5H3,(H,19,20). The number of H-pyrrole nitrogens is 1. The van der Waals surface area contributed by atoms with Crippen LogP contribution in [0.3, 0.4) is 0 Å². The Kier molecular flexibility index (Phi) is 4.22. The van der Waals surface area contributed by atoms with Gasteiger partial charge in [-0.3, -0.25) is 9.89 Å². The Hall–Kier alpha value is -2.50. The normalized spacial score (nSPS) is 14.4. The minimum absolute atomic E-state index is 0.0445. The number of nitrogens with zero attached hydrogens (tertiary/aromatic N) is 2. The monoisotopic (exact) mass is 329 g/mol. The van der Waals surface area contributed by atoms with Gasteiger partial charge in [-0.25, -0.2) is 0 Å². The second kappa shape index (κ2) is 6.19. The molecule has 0 spiro atoms. The fourth-order valence-corrected chi connectivity index (χ4v) is 3.16. The molecule has 0 bridgehead atoms. The zero-order valence-corrected chi connectivity index (χ0v) is 14.8. The van der Waals surface area contributed by atoms with Crippen LogP contribution in [0.1, 0.15) is 45.8 Å². The van der Waals surface area contributed by atoms with Gasteiger partial charge in [0.15, 0.2) is 11.5 Å². The molecule has 1 N–H and O–H groups in total. The van der Waals surface area contributed by atoms with E-state index >= 15 is 0 Å². The zero-order valence-electron chi connectivity index (χ0n) is 14.8. The molecule has 2 aromatic rings. The van der Waals surface area contributed by atoms with Gasteiger partial charge in [-0.1, -0.05) is 0 Å². The number of carbonyl (C=O) groups excluding carboxylic acids is 1. The molecule has 0 saturated carbocycles. The Morgan fingerprint density at radius 3 is 2.42 bits per heavy atom. The molecule has 128 valence electrons. The van der Waals surface area contributed by atoms with Crippen molar-refractivity contribution in [3.8, 4) is 11.5 Å². The van der Waals surface area contributed by atoms with Crippen molar-refractivity contribution in [3.63, 3.8) is 0 Å². The molecule has 6 nitrogen and oxygen atoms in total. The summed E-state index contributed by atoms with van der Waals surface area (Å²) in [7, 11) is 1.81. The maximum absolute atomic E-state index is 13.0.